The molecule has 1 aromatic heterocycles. The number of benzene rings is 2. The van der Waals surface area contributed by atoms with E-state index in [1.165, 1.54) is 18.3 Å². The van der Waals surface area contributed by atoms with Crippen LogP contribution in [0.5, 0.6) is 5.75 Å². The van der Waals surface area contributed by atoms with Gasteiger partial charge in [0, 0.05) is 6.54 Å². The monoisotopic (exact) mass is 460 g/mol. The molecule has 0 bridgehead atoms. The molecule has 174 valence electrons. The average molecular weight is 460 g/mol. The Bertz CT molecular complexity index is 1230. The van der Waals surface area contributed by atoms with E-state index in [0.29, 0.717) is 12.2 Å². The highest BCUT2D eigenvalue weighted by molar-refractivity contribution is 5.95. The van der Waals surface area contributed by atoms with E-state index in [4.69, 9.17) is 9.84 Å². The van der Waals surface area contributed by atoms with Gasteiger partial charge in [0.05, 0.1) is 37.1 Å². The number of nitrogens with one attached hydrogen (secondary N) is 2. The summed E-state index contributed by atoms with van der Waals surface area (Å²) in [5, 5.41) is 14.8. The van der Waals surface area contributed by atoms with Crippen LogP contribution in [-0.2, 0) is 13.1 Å². The number of aromatic nitrogens is 1. The van der Waals surface area contributed by atoms with Gasteiger partial charge in [-0.05, 0) is 53.9 Å². The molecular weight excluding hydrogens is 436 g/mol. The van der Waals surface area contributed by atoms with Crippen LogP contribution in [0.25, 0.3) is 0 Å². The van der Waals surface area contributed by atoms with E-state index in [2.05, 4.69) is 15.6 Å². The summed E-state index contributed by atoms with van der Waals surface area (Å²) in [5.41, 5.74) is 3.48. The van der Waals surface area contributed by atoms with Crippen molar-refractivity contribution in [1.29, 1.82) is 0 Å². The fraction of sp³-hybridized carbons (Fsp3) is 0.200. The maximum absolute atomic E-state index is 12.7. The standard InChI is InChI=1S/C25H24N4O5/c1-15(17-5-7-18(8-6-17)24(31)32)29-14-19-11-21(26-13-22(19)28-25(29)33)23(30)27-12-16-3-9-20(34-2)10-4-16/h3-11,13,15H,12,14H2,1-2H3,(H,27,30)(H,28,33)(H,31,32). The second-order valence-electron chi connectivity index (χ2n) is 7.92. The molecule has 0 fully saturated rings. The number of pyridine rings is 1. The number of urea groups is 1. The smallest absolute Gasteiger partial charge is 0.335 e. The summed E-state index contributed by atoms with van der Waals surface area (Å²) in [4.78, 5) is 42.3. The van der Waals surface area contributed by atoms with E-state index >= 15 is 0 Å². The summed E-state index contributed by atoms with van der Waals surface area (Å²) in [6, 6.07) is 14.9. The number of amides is 3. The number of hydrogen-bond acceptors (Lipinski definition) is 5. The number of carbonyl (C=O) groups excluding carboxylic acids is 2. The third kappa shape index (κ3) is 4.83. The minimum Gasteiger partial charge on any atom is -0.497 e. The Balaban J connectivity index is 1.46. The Hall–Kier alpha value is -4.40. The first kappa shape index (κ1) is 22.8. The number of carbonyl (C=O) groups is 3. The van der Waals surface area contributed by atoms with Gasteiger partial charge in [-0.1, -0.05) is 24.3 Å². The number of anilines is 1. The molecule has 4 rings (SSSR count). The topological polar surface area (TPSA) is 121 Å². The Morgan fingerprint density at radius 3 is 2.53 bits per heavy atom. The molecule has 0 radical (unpaired) electrons. The molecule has 3 amide bonds. The first-order valence-corrected chi connectivity index (χ1v) is 10.7. The third-order valence-corrected chi connectivity index (χ3v) is 5.79. The fourth-order valence-electron chi connectivity index (χ4n) is 3.72. The lowest BCUT2D eigenvalue weighted by molar-refractivity contribution is 0.0696. The first-order valence-electron chi connectivity index (χ1n) is 10.7. The number of ether oxygens (including phenoxy) is 1. The molecule has 9 nitrogen and oxygen atoms in total. The Morgan fingerprint density at radius 2 is 1.88 bits per heavy atom. The quantitative estimate of drug-likeness (QED) is 0.493. The van der Waals surface area contributed by atoms with Crippen LogP contribution < -0.4 is 15.4 Å². The summed E-state index contributed by atoms with van der Waals surface area (Å²) in [5.74, 6) is -0.585. The molecule has 1 unspecified atom stereocenters. The number of carboxylic acids is 1. The van der Waals surface area contributed by atoms with E-state index in [1.54, 1.807) is 30.2 Å². The molecular formula is C25H24N4O5. The first-order chi connectivity index (χ1) is 16.4. The lowest BCUT2D eigenvalue weighted by Crippen LogP contribution is -2.40. The molecule has 3 aromatic rings. The van der Waals surface area contributed by atoms with Gasteiger partial charge in [0.15, 0.2) is 0 Å². The molecule has 2 heterocycles. The molecule has 9 heteroatoms. The summed E-state index contributed by atoms with van der Waals surface area (Å²) < 4.78 is 5.14. The predicted octanol–water partition coefficient (Wildman–Crippen LogP) is 3.83. The molecule has 1 atom stereocenters. The third-order valence-electron chi connectivity index (χ3n) is 5.79. The summed E-state index contributed by atoms with van der Waals surface area (Å²) >= 11 is 0. The largest absolute Gasteiger partial charge is 0.497 e. The van der Waals surface area contributed by atoms with Crippen molar-refractivity contribution >= 4 is 23.6 Å². The zero-order valence-corrected chi connectivity index (χ0v) is 18.7. The zero-order chi connectivity index (χ0) is 24.2. The van der Waals surface area contributed by atoms with E-state index in [1.807, 2.05) is 31.2 Å². The van der Waals surface area contributed by atoms with Gasteiger partial charge in [0.1, 0.15) is 11.4 Å². The molecule has 3 N–H and O–H groups in total. The number of carboxylic acid groups (broad SMARTS) is 1. The number of methoxy groups -OCH3 is 1. The van der Waals surface area contributed by atoms with Gasteiger partial charge in [-0.15, -0.1) is 0 Å². The highest BCUT2D eigenvalue weighted by Gasteiger charge is 2.28. The highest BCUT2D eigenvalue weighted by atomic mass is 16.5. The van der Waals surface area contributed by atoms with Crippen molar-refractivity contribution in [2.45, 2.75) is 26.1 Å². The maximum Gasteiger partial charge on any atom is 0.335 e. The van der Waals surface area contributed by atoms with Crippen molar-refractivity contribution in [3.8, 4) is 5.75 Å². The fourth-order valence-corrected chi connectivity index (χ4v) is 3.72. The van der Waals surface area contributed by atoms with Gasteiger partial charge in [0.2, 0.25) is 0 Å². The van der Waals surface area contributed by atoms with E-state index < -0.39 is 5.97 Å². The molecule has 0 saturated carbocycles. The number of fused-ring (bicyclic) bond motifs is 1. The Morgan fingerprint density at radius 1 is 1.18 bits per heavy atom. The van der Waals surface area contributed by atoms with Crippen LogP contribution in [0.4, 0.5) is 10.5 Å². The van der Waals surface area contributed by atoms with Crippen molar-refractivity contribution in [2.24, 2.45) is 0 Å². The van der Waals surface area contributed by atoms with Crippen molar-refractivity contribution in [2.75, 3.05) is 12.4 Å². The molecule has 1 aliphatic rings. The summed E-state index contributed by atoms with van der Waals surface area (Å²) in [6.07, 6.45) is 1.49. The summed E-state index contributed by atoms with van der Waals surface area (Å²) in [7, 11) is 1.60. The SMILES string of the molecule is COc1ccc(CNC(=O)c2cc3c(cn2)NC(=O)N(C(C)c2ccc(C(=O)O)cc2)C3)cc1. The van der Waals surface area contributed by atoms with Gasteiger partial charge in [-0.3, -0.25) is 4.79 Å². The van der Waals surface area contributed by atoms with Crippen LogP contribution in [0.15, 0.2) is 60.8 Å². The van der Waals surface area contributed by atoms with Gasteiger partial charge in [-0.2, -0.15) is 0 Å². The van der Waals surface area contributed by atoms with Gasteiger partial charge >= 0.3 is 12.0 Å². The molecule has 2 aromatic carbocycles. The van der Waals surface area contributed by atoms with E-state index in [0.717, 1.165) is 22.4 Å². The Kier molecular flexibility index (Phi) is 6.44. The lowest BCUT2D eigenvalue weighted by Gasteiger charge is -2.34. The highest BCUT2D eigenvalue weighted by Crippen LogP contribution is 2.30. The molecule has 0 aliphatic carbocycles. The number of hydrogen-bond donors (Lipinski definition) is 3. The molecule has 34 heavy (non-hydrogen) atoms. The normalized spacial score (nSPS) is 13.5. The molecule has 1 aliphatic heterocycles. The minimum atomic E-state index is -1.01. The van der Waals surface area contributed by atoms with Gasteiger partial charge < -0.3 is 25.4 Å². The van der Waals surface area contributed by atoms with Gasteiger partial charge in [0.25, 0.3) is 5.91 Å². The van der Waals surface area contributed by atoms with Crippen molar-refractivity contribution in [3.05, 3.63) is 88.7 Å². The average Bonchev–Trinajstić information content (AvgIpc) is 2.86. The van der Waals surface area contributed by atoms with Crippen LogP contribution in [0, 0.1) is 0 Å². The van der Waals surface area contributed by atoms with Crippen molar-refractivity contribution < 1.29 is 24.2 Å². The van der Waals surface area contributed by atoms with Crippen LogP contribution in [0.2, 0.25) is 0 Å². The van der Waals surface area contributed by atoms with Crippen LogP contribution in [0.1, 0.15) is 50.5 Å². The lowest BCUT2D eigenvalue weighted by atomic mass is 10.0. The van der Waals surface area contributed by atoms with Gasteiger partial charge in [-0.25, -0.2) is 14.6 Å². The maximum atomic E-state index is 12.7. The Labute approximate surface area is 196 Å². The number of aromatic carboxylic acids is 1. The molecule has 0 spiro atoms. The second kappa shape index (κ2) is 9.62. The van der Waals surface area contributed by atoms with Crippen molar-refractivity contribution in [3.63, 3.8) is 0 Å². The summed E-state index contributed by atoms with van der Waals surface area (Å²) in [6.45, 7) is 2.49. The van der Waals surface area contributed by atoms with Crippen molar-refractivity contribution in [1.82, 2.24) is 15.2 Å². The number of nitrogens with zero attached hydrogens (tertiary/aromatic N) is 2. The van der Waals surface area contributed by atoms with E-state index in [-0.39, 0.29) is 35.8 Å². The molecule has 0 saturated heterocycles. The van der Waals surface area contributed by atoms with Crippen LogP contribution in [0.3, 0.4) is 0 Å². The van der Waals surface area contributed by atoms with E-state index in [9.17, 15) is 14.4 Å². The zero-order valence-electron chi connectivity index (χ0n) is 18.7. The van der Waals surface area contributed by atoms with Crippen LogP contribution >= 0.6 is 0 Å². The number of rotatable bonds is 7. The minimum absolute atomic E-state index is 0.181. The second-order valence-corrected chi connectivity index (χ2v) is 7.92. The van der Waals surface area contributed by atoms with Crippen LogP contribution in [-0.4, -0.2) is 40.0 Å². The predicted molar refractivity (Wildman–Crippen MR) is 125 cm³/mol.